The van der Waals surface area contributed by atoms with Crippen molar-refractivity contribution in [3.05, 3.63) is 53.3 Å². The van der Waals surface area contributed by atoms with Crippen molar-refractivity contribution in [2.45, 2.75) is 6.42 Å². The average Bonchev–Trinajstić information content (AvgIpc) is 2.89. The van der Waals surface area contributed by atoms with Crippen molar-refractivity contribution < 1.29 is 9.18 Å². The molecule has 21 heavy (non-hydrogen) atoms. The molecule has 2 aromatic carbocycles. The third-order valence-electron chi connectivity index (χ3n) is 3.73. The van der Waals surface area contributed by atoms with Gasteiger partial charge in [-0.25, -0.2) is 4.39 Å². The third-order valence-corrected chi connectivity index (χ3v) is 3.73. The molecule has 0 bridgehead atoms. The molecule has 108 valence electrons. The Morgan fingerprint density at radius 3 is 2.81 bits per heavy atom. The number of fused-ring (bicyclic) bond motifs is 1. The van der Waals surface area contributed by atoms with Gasteiger partial charge in [-0.3, -0.25) is 4.79 Å². The first-order valence-corrected chi connectivity index (χ1v) is 6.77. The average molecular weight is 285 g/mol. The number of anilines is 3. The lowest BCUT2D eigenvalue weighted by atomic mass is 10.1. The van der Waals surface area contributed by atoms with Crippen LogP contribution in [0.25, 0.3) is 0 Å². The summed E-state index contributed by atoms with van der Waals surface area (Å²) in [6.45, 7) is 0.701. The molecule has 0 unspecified atom stereocenters. The predicted molar refractivity (Wildman–Crippen MR) is 81.4 cm³/mol. The van der Waals surface area contributed by atoms with Gasteiger partial charge in [0.15, 0.2) is 0 Å². The zero-order valence-corrected chi connectivity index (χ0v) is 11.7. The number of amides is 1. The van der Waals surface area contributed by atoms with Crippen LogP contribution in [0.4, 0.5) is 21.5 Å². The molecular formula is C16H16FN3O. The van der Waals surface area contributed by atoms with Crippen LogP contribution in [0, 0.1) is 5.82 Å². The van der Waals surface area contributed by atoms with Crippen LogP contribution in [0.3, 0.4) is 0 Å². The molecule has 3 rings (SSSR count). The fourth-order valence-corrected chi connectivity index (χ4v) is 2.70. The van der Waals surface area contributed by atoms with E-state index in [0.717, 1.165) is 17.7 Å². The monoisotopic (exact) mass is 285 g/mol. The molecule has 0 aliphatic carbocycles. The smallest absolute Gasteiger partial charge is 0.253 e. The fourth-order valence-electron chi connectivity index (χ4n) is 2.70. The Kier molecular flexibility index (Phi) is 3.25. The molecule has 1 amide bonds. The van der Waals surface area contributed by atoms with Crippen molar-refractivity contribution >= 4 is 23.0 Å². The zero-order valence-electron chi connectivity index (χ0n) is 11.7. The number of halogens is 1. The molecular weight excluding hydrogens is 269 g/mol. The Morgan fingerprint density at radius 1 is 1.24 bits per heavy atom. The highest BCUT2D eigenvalue weighted by molar-refractivity contribution is 6.01. The first kappa shape index (κ1) is 13.4. The van der Waals surface area contributed by atoms with Crippen molar-refractivity contribution in [2.24, 2.45) is 0 Å². The molecule has 0 aromatic heterocycles. The van der Waals surface area contributed by atoms with Gasteiger partial charge in [0.05, 0.1) is 11.3 Å². The minimum absolute atomic E-state index is 0.185. The number of nitrogens with one attached hydrogen (secondary N) is 1. The van der Waals surface area contributed by atoms with Gasteiger partial charge in [-0.05, 0) is 42.3 Å². The number of benzene rings is 2. The molecule has 0 atom stereocenters. The van der Waals surface area contributed by atoms with E-state index in [1.54, 1.807) is 31.3 Å². The third kappa shape index (κ3) is 2.31. The second-order valence-corrected chi connectivity index (χ2v) is 5.03. The number of nitrogens with two attached hydrogens (primary N) is 1. The van der Waals surface area contributed by atoms with Crippen molar-refractivity contribution in [3.63, 3.8) is 0 Å². The molecule has 0 radical (unpaired) electrons. The van der Waals surface area contributed by atoms with Gasteiger partial charge in [-0.15, -0.1) is 0 Å². The van der Waals surface area contributed by atoms with E-state index in [9.17, 15) is 9.18 Å². The maximum Gasteiger partial charge on any atom is 0.253 e. The molecule has 1 aliphatic heterocycles. The molecule has 0 fully saturated rings. The Hall–Kier alpha value is -2.56. The highest BCUT2D eigenvalue weighted by Crippen LogP contribution is 2.37. The summed E-state index contributed by atoms with van der Waals surface area (Å²) in [7, 11) is 1.58. The number of hydrogen-bond donors (Lipinski definition) is 2. The minimum Gasteiger partial charge on any atom is -0.399 e. The summed E-state index contributed by atoms with van der Waals surface area (Å²) in [5.74, 6) is -0.471. The summed E-state index contributed by atoms with van der Waals surface area (Å²) in [5.41, 5.74) is 9.53. The molecule has 3 N–H and O–H groups in total. The first-order chi connectivity index (χ1) is 10.1. The van der Waals surface area contributed by atoms with Gasteiger partial charge in [0.25, 0.3) is 5.91 Å². The van der Waals surface area contributed by atoms with Crippen molar-refractivity contribution in [3.8, 4) is 0 Å². The van der Waals surface area contributed by atoms with Crippen molar-refractivity contribution in [1.82, 2.24) is 5.32 Å². The molecule has 0 saturated heterocycles. The van der Waals surface area contributed by atoms with E-state index < -0.39 is 0 Å². The minimum atomic E-state index is -0.286. The summed E-state index contributed by atoms with van der Waals surface area (Å²) in [6, 6.07) is 9.89. The van der Waals surface area contributed by atoms with E-state index in [4.69, 9.17) is 5.73 Å². The number of hydrogen-bond acceptors (Lipinski definition) is 3. The van der Waals surface area contributed by atoms with Gasteiger partial charge in [0, 0.05) is 25.0 Å². The lowest BCUT2D eigenvalue weighted by Gasteiger charge is -2.22. The molecule has 2 aromatic rings. The van der Waals surface area contributed by atoms with Gasteiger partial charge in [-0.2, -0.15) is 0 Å². The van der Waals surface area contributed by atoms with Crippen LogP contribution in [0.2, 0.25) is 0 Å². The van der Waals surface area contributed by atoms with E-state index in [2.05, 4.69) is 5.32 Å². The van der Waals surface area contributed by atoms with E-state index in [-0.39, 0.29) is 11.7 Å². The Bertz CT molecular complexity index is 715. The maximum atomic E-state index is 13.5. The molecule has 0 spiro atoms. The van der Waals surface area contributed by atoms with Crippen LogP contribution in [-0.4, -0.2) is 19.5 Å². The largest absolute Gasteiger partial charge is 0.399 e. The van der Waals surface area contributed by atoms with Crippen molar-refractivity contribution in [2.75, 3.05) is 24.2 Å². The van der Waals surface area contributed by atoms with Crippen LogP contribution in [0.1, 0.15) is 15.9 Å². The fraction of sp³-hybridized carbons (Fsp3) is 0.188. The number of carbonyl (C=O) groups excluding carboxylic acids is 1. The quantitative estimate of drug-likeness (QED) is 0.833. The second kappa shape index (κ2) is 5.09. The van der Waals surface area contributed by atoms with E-state index in [0.29, 0.717) is 23.5 Å². The summed E-state index contributed by atoms with van der Waals surface area (Å²) < 4.78 is 13.5. The van der Waals surface area contributed by atoms with E-state index in [1.165, 1.54) is 12.1 Å². The van der Waals surface area contributed by atoms with E-state index >= 15 is 0 Å². The summed E-state index contributed by atoms with van der Waals surface area (Å²) in [4.78, 5) is 14.0. The van der Waals surface area contributed by atoms with Crippen LogP contribution >= 0.6 is 0 Å². The lowest BCUT2D eigenvalue weighted by molar-refractivity contribution is 0.0963. The SMILES string of the molecule is CNC(=O)c1ccc(N)cc1N1CCc2ccc(F)cc21. The zero-order chi connectivity index (χ0) is 15.0. The standard InChI is InChI=1S/C16H16FN3O/c1-19-16(21)13-5-4-12(18)9-15(13)20-7-6-10-2-3-11(17)8-14(10)20/h2-5,8-9H,6-7,18H2,1H3,(H,19,21). The number of nitrogen functional groups attached to an aromatic ring is 1. The number of carbonyl (C=O) groups is 1. The summed E-state index contributed by atoms with van der Waals surface area (Å²) >= 11 is 0. The van der Waals surface area contributed by atoms with Gasteiger partial charge < -0.3 is 16.0 Å². The topological polar surface area (TPSA) is 58.4 Å². The van der Waals surface area contributed by atoms with Crippen LogP contribution in [0.15, 0.2) is 36.4 Å². The molecule has 5 heteroatoms. The predicted octanol–water partition coefficient (Wildman–Crippen LogP) is 2.46. The number of rotatable bonds is 2. The van der Waals surface area contributed by atoms with Gasteiger partial charge in [-0.1, -0.05) is 6.07 Å². The molecule has 4 nitrogen and oxygen atoms in total. The van der Waals surface area contributed by atoms with Gasteiger partial charge >= 0.3 is 0 Å². The molecule has 1 aliphatic rings. The molecule has 0 saturated carbocycles. The first-order valence-electron chi connectivity index (χ1n) is 6.77. The van der Waals surface area contributed by atoms with Crippen LogP contribution in [-0.2, 0) is 6.42 Å². The van der Waals surface area contributed by atoms with Gasteiger partial charge in [0.2, 0.25) is 0 Å². The van der Waals surface area contributed by atoms with Crippen LogP contribution < -0.4 is 16.0 Å². The van der Waals surface area contributed by atoms with Crippen LogP contribution in [0.5, 0.6) is 0 Å². The van der Waals surface area contributed by atoms with Gasteiger partial charge in [0.1, 0.15) is 5.82 Å². The lowest BCUT2D eigenvalue weighted by Crippen LogP contribution is -2.23. The molecule has 1 heterocycles. The summed E-state index contributed by atoms with van der Waals surface area (Å²) in [6.07, 6.45) is 0.817. The maximum absolute atomic E-state index is 13.5. The Balaban J connectivity index is 2.12. The Morgan fingerprint density at radius 2 is 2.05 bits per heavy atom. The van der Waals surface area contributed by atoms with Crippen molar-refractivity contribution in [1.29, 1.82) is 0 Å². The second-order valence-electron chi connectivity index (χ2n) is 5.03. The Labute approximate surface area is 122 Å². The van der Waals surface area contributed by atoms with E-state index in [1.807, 2.05) is 4.90 Å². The number of nitrogens with zero attached hydrogens (tertiary/aromatic N) is 1. The summed E-state index contributed by atoms with van der Waals surface area (Å²) in [5, 5.41) is 2.62. The highest BCUT2D eigenvalue weighted by atomic mass is 19.1. The highest BCUT2D eigenvalue weighted by Gasteiger charge is 2.24. The normalized spacial score (nSPS) is 13.1.